The highest BCUT2D eigenvalue weighted by Gasteiger charge is 2.30. The van der Waals surface area contributed by atoms with E-state index in [1.54, 1.807) is 28.2 Å². The number of hydrogen-bond acceptors (Lipinski definition) is 4. The third-order valence-electron chi connectivity index (χ3n) is 4.53. The van der Waals surface area contributed by atoms with Crippen molar-refractivity contribution in [2.24, 2.45) is 5.92 Å². The molecular formula is C16H24N2O2S2. The van der Waals surface area contributed by atoms with Gasteiger partial charge in [0.05, 0.1) is 4.90 Å². The average molecular weight is 341 g/mol. The van der Waals surface area contributed by atoms with Gasteiger partial charge in [0.2, 0.25) is 10.0 Å². The highest BCUT2D eigenvalue weighted by Crippen LogP contribution is 2.28. The van der Waals surface area contributed by atoms with Gasteiger partial charge in [-0.25, -0.2) is 8.42 Å². The molecular weight excluding hydrogens is 316 g/mol. The van der Waals surface area contributed by atoms with Crippen molar-refractivity contribution in [2.75, 3.05) is 25.9 Å². The van der Waals surface area contributed by atoms with Crippen molar-refractivity contribution in [3.8, 4) is 0 Å². The summed E-state index contributed by atoms with van der Waals surface area (Å²) in [4.78, 5) is 1.41. The Labute approximate surface area is 137 Å². The summed E-state index contributed by atoms with van der Waals surface area (Å²) < 4.78 is 27.1. The van der Waals surface area contributed by atoms with Crippen molar-refractivity contribution in [3.63, 3.8) is 0 Å². The maximum atomic E-state index is 12.7. The lowest BCUT2D eigenvalue weighted by Gasteiger charge is -2.31. The van der Waals surface area contributed by atoms with Crippen LogP contribution in [0, 0.1) is 5.92 Å². The summed E-state index contributed by atoms with van der Waals surface area (Å²) in [5, 5.41) is 3.59. The summed E-state index contributed by atoms with van der Waals surface area (Å²) in [7, 11) is -3.34. The van der Waals surface area contributed by atoms with Crippen molar-refractivity contribution >= 4 is 21.8 Å². The molecule has 0 aromatic heterocycles. The molecule has 0 spiro atoms. The fourth-order valence-electron chi connectivity index (χ4n) is 2.87. The Morgan fingerprint density at radius 2 is 1.95 bits per heavy atom. The molecule has 1 heterocycles. The number of nitrogens with zero attached hydrogens (tertiary/aromatic N) is 1. The standard InChI is InChI=1S/C16H24N2O2S2/c1-21-15-3-2-4-16(11-15)22(19,20)18-9-7-14(8-10-18)17-12-13-5-6-13/h2-4,11,13-14,17H,5-10,12H2,1H3. The predicted molar refractivity (Wildman–Crippen MR) is 90.7 cm³/mol. The number of sulfonamides is 1. The number of hydrogen-bond donors (Lipinski definition) is 1. The second-order valence-corrected chi connectivity index (χ2v) is 9.03. The minimum Gasteiger partial charge on any atom is -0.314 e. The summed E-state index contributed by atoms with van der Waals surface area (Å²) in [5.74, 6) is 0.871. The Bertz CT molecular complexity index is 606. The van der Waals surface area contributed by atoms with Crippen molar-refractivity contribution < 1.29 is 8.42 Å². The molecule has 6 heteroatoms. The zero-order chi connectivity index (χ0) is 15.6. The molecule has 1 aromatic rings. The lowest BCUT2D eigenvalue weighted by atomic mass is 10.1. The fraction of sp³-hybridized carbons (Fsp3) is 0.625. The first-order valence-corrected chi connectivity index (χ1v) is 10.6. The molecule has 0 amide bonds. The van der Waals surface area contributed by atoms with Gasteiger partial charge in [-0.1, -0.05) is 6.07 Å². The molecule has 1 aromatic carbocycles. The first kappa shape index (κ1) is 16.3. The SMILES string of the molecule is CSc1cccc(S(=O)(=O)N2CCC(NCC3CC3)CC2)c1. The molecule has 0 radical (unpaired) electrons. The summed E-state index contributed by atoms with van der Waals surface area (Å²) in [5.41, 5.74) is 0. The average Bonchev–Trinajstić information content (AvgIpc) is 3.38. The number of nitrogens with one attached hydrogen (secondary N) is 1. The highest BCUT2D eigenvalue weighted by molar-refractivity contribution is 7.98. The Morgan fingerprint density at radius 1 is 1.23 bits per heavy atom. The number of thioether (sulfide) groups is 1. The molecule has 1 aliphatic heterocycles. The van der Waals surface area contributed by atoms with E-state index in [1.165, 1.54) is 12.8 Å². The molecule has 1 aliphatic carbocycles. The van der Waals surface area contributed by atoms with Gasteiger partial charge in [-0.2, -0.15) is 4.31 Å². The summed E-state index contributed by atoms with van der Waals surface area (Å²) in [6.45, 7) is 2.34. The normalized spacial score (nSPS) is 21.1. The third-order valence-corrected chi connectivity index (χ3v) is 7.15. The Kier molecular flexibility index (Phi) is 5.12. The largest absolute Gasteiger partial charge is 0.314 e. The predicted octanol–water partition coefficient (Wildman–Crippen LogP) is 2.56. The van der Waals surface area contributed by atoms with E-state index in [-0.39, 0.29) is 0 Å². The van der Waals surface area contributed by atoms with Crippen LogP contribution in [0.2, 0.25) is 0 Å². The summed E-state index contributed by atoms with van der Waals surface area (Å²) in [6.07, 6.45) is 6.49. The molecule has 4 nitrogen and oxygen atoms in total. The highest BCUT2D eigenvalue weighted by atomic mass is 32.2. The van der Waals surface area contributed by atoms with Gasteiger partial charge in [0, 0.05) is 24.0 Å². The maximum Gasteiger partial charge on any atom is 0.243 e. The molecule has 2 aliphatic rings. The van der Waals surface area contributed by atoms with Gasteiger partial charge in [0.1, 0.15) is 0 Å². The van der Waals surface area contributed by atoms with Crippen LogP contribution in [-0.4, -0.2) is 44.7 Å². The van der Waals surface area contributed by atoms with Crippen LogP contribution in [0.25, 0.3) is 0 Å². The molecule has 0 atom stereocenters. The zero-order valence-corrected chi connectivity index (χ0v) is 14.6. The van der Waals surface area contributed by atoms with Crippen molar-refractivity contribution in [1.82, 2.24) is 9.62 Å². The van der Waals surface area contributed by atoms with Crippen molar-refractivity contribution in [1.29, 1.82) is 0 Å². The molecule has 2 fully saturated rings. The van der Waals surface area contributed by atoms with Crippen LogP contribution in [0.3, 0.4) is 0 Å². The number of piperidine rings is 1. The van der Waals surface area contributed by atoms with Crippen LogP contribution in [0.5, 0.6) is 0 Å². The Balaban J connectivity index is 1.60. The lowest BCUT2D eigenvalue weighted by Crippen LogP contribution is -2.45. The van der Waals surface area contributed by atoms with Gasteiger partial charge in [-0.15, -0.1) is 11.8 Å². The molecule has 22 heavy (non-hydrogen) atoms. The van der Waals surface area contributed by atoms with Crippen LogP contribution >= 0.6 is 11.8 Å². The topological polar surface area (TPSA) is 49.4 Å². The molecule has 0 bridgehead atoms. The van der Waals surface area contributed by atoms with Crippen LogP contribution < -0.4 is 5.32 Å². The van der Waals surface area contributed by atoms with Gasteiger partial charge in [0.15, 0.2) is 0 Å². The molecule has 1 N–H and O–H groups in total. The Hall–Kier alpha value is -0.560. The smallest absolute Gasteiger partial charge is 0.243 e. The van der Waals surface area contributed by atoms with E-state index in [0.717, 1.165) is 30.2 Å². The molecule has 1 saturated heterocycles. The minimum absolute atomic E-state index is 0.420. The van der Waals surface area contributed by atoms with E-state index < -0.39 is 10.0 Å². The van der Waals surface area contributed by atoms with Gasteiger partial charge in [0.25, 0.3) is 0 Å². The van der Waals surface area contributed by atoms with Crippen LogP contribution in [0.4, 0.5) is 0 Å². The lowest BCUT2D eigenvalue weighted by molar-refractivity contribution is 0.288. The summed E-state index contributed by atoms with van der Waals surface area (Å²) in [6, 6.07) is 7.72. The number of rotatable bonds is 6. The quantitative estimate of drug-likeness (QED) is 0.809. The first-order valence-electron chi connectivity index (χ1n) is 7.97. The van der Waals surface area contributed by atoms with Crippen LogP contribution in [0.15, 0.2) is 34.1 Å². The molecule has 122 valence electrons. The second-order valence-electron chi connectivity index (χ2n) is 6.21. The van der Waals surface area contributed by atoms with E-state index in [2.05, 4.69) is 5.32 Å². The molecule has 1 saturated carbocycles. The maximum absolute atomic E-state index is 12.7. The van der Waals surface area contributed by atoms with E-state index >= 15 is 0 Å². The number of benzene rings is 1. The van der Waals surface area contributed by atoms with Crippen molar-refractivity contribution in [2.45, 2.75) is 41.5 Å². The van der Waals surface area contributed by atoms with Crippen LogP contribution in [0.1, 0.15) is 25.7 Å². The van der Waals surface area contributed by atoms with Crippen molar-refractivity contribution in [3.05, 3.63) is 24.3 Å². The zero-order valence-electron chi connectivity index (χ0n) is 13.0. The van der Waals surface area contributed by atoms with Gasteiger partial charge in [-0.05, 0) is 62.6 Å². The molecule has 0 unspecified atom stereocenters. The van der Waals surface area contributed by atoms with Crippen LogP contribution in [-0.2, 0) is 10.0 Å². The first-order chi connectivity index (χ1) is 10.6. The fourth-order valence-corrected chi connectivity index (χ4v) is 4.92. The third kappa shape index (κ3) is 3.85. The van der Waals surface area contributed by atoms with E-state index in [1.807, 2.05) is 18.4 Å². The minimum atomic E-state index is -3.34. The Morgan fingerprint density at radius 3 is 2.59 bits per heavy atom. The van der Waals surface area contributed by atoms with E-state index in [9.17, 15) is 8.42 Å². The van der Waals surface area contributed by atoms with Gasteiger partial charge < -0.3 is 5.32 Å². The molecule has 3 rings (SSSR count). The van der Waals surface area contributed by atoms with Gasteiger partial charge in [-0.3, -0.25) is 0 Å². The summed E-state index contributed by atoms with van der Waals surface area (Å²) >= 11 is 1.57. The van der Waals surface area contributed by atoms with E-state index in [4.69, 9.17) is 0 Å². The second kappa shape index (κ2) is 6.91. The van der Waals surface area contributed by atoms with Gasteiger partial charge >= 0.3 is 0 Å². The van der Waals surface area contributed by atoms with E-state index in [0.29, 0.717) is 24.0 Å². The monoisotopic (exact) mass is 340 g/mol.